The van der Waals surface area contributed by atoms with Gasteiger partial charge in [-0.1, -0.05) is 63.1 Å². The number of carbonyl (C=O) groups is 4. The lowest BCUT2D eigenvalue weighted by atomic mass is 9.80. The minimum atomic E-state index is -1.17. The second kappa shape index (κ2) is 12.5. The van der Waals surface area contributed by atoms with E-state index in [4.69, 9.17) is 0 Å². The van der Waals surface area contributed by atoms with E-state index in [-0.39, 0.29) is 23.7 Å². The van der Waals surface area contributed by atoms with Gasteiger partial charge >= 0.3 is 23.9 Å². The molecule has 198 valence electrons. The Hall–Kier alpha value is -1.42. The Labute approximate surface area is 211 Å². The van der Waals surface area contributed by atoms with Crippen molar-refractivity contribution in [2.45, 2.75) is 103 Å². The summed E-state index contributed by atoms with van der Waals surface area (Å²) in [6.45, 7) is 16.1. The van der Waals surface area contributed by atoms with Crippen LogP contribution in [0.3, 0.4) is 0 Å². The molecule has 0 bridgehead atoms. The predicted molar refractivity (Wildman–Crippen MR) is 136 cm³/mol. The molecule has 0 heterocycles. The van der Waals surface area contributed by atoms with Gasteiger partial charge in [0.25, 0.3) is 0 Å². The van der Waals surface area contributed by atoms with Gasteiger partial charge in [0.05, 0.1) is 24.7 Å². The van der Waals surface area contributed by atoms with Crippen LogP contribution in [0, 0.1) is 22.7 Å². The number of aliphatic carboxylic acids is 4. The van der Waals surface area contributed by atoms with E-state index in [0.29, 0.717) is 12.8 Å². The summed E-state index contributed by atoms with van der Waals surface area (Å²) in [6.07, 6.45) is 0.576. The molecule has 4 atom stereocenters. The Balaban J connectivity index is 6.05. The molecule has 0 rings (SSSR count). The topological polar surface area (TPSA) is 149 Å². The first-order valence-corrected chi connectivity index (χ1v) is 13.5. The maximum Gasteiger partial charge on any atom is 0.307 e. The highest BCUT2D eigenvalue weighted by atomic mass is 33.1. The van der Waals surface area contributed by atoms with E-state index in [0.717, 1.165) is 0 Å². The van der Waals surface area contributed by atoms with E-state index in [1.54, 1.807) is 0 Å². The van der Waals surface area contributed by atoms with Crippen molar-refractivity contribution in [3.63, 3.8) is 0 Å². The summed E-state index contributed by atoms with van der Waals surface area (Å²) in [6, 6.07) is 0. The van der Waals surface area contributed by atoms with Gasteiger partial charge in [-0.25, -0.2) is 0 Å². The van der Waals surface area contributed by atoms with Crippen molar-refractivity contribution >= 4 is 45.5 Å². The molecule has 0 aliphatic heterocycles. The first kappa shape index (κ1) is 32.6. The quantitative estimate of drug-likeness (QED) is 0.192. The van der Waals surface area contributed by atoms with Crippen molar-refractivity contribution in [1.29, 1.82) is 0 Å². The van der Waals surface area contributed by atoms with Crippen molar-refractivity contribution in [3.05, 3.63) is 0 Å². The van der Waals surface area contributed by atoms with Crippen LogP contribution in [0.5, 0.6) is 0 Å². The van der Waals surface area contributed by atoms with Gasteiger partial charge in [-0.2, -0.15) is 0 Å². The SMILES string of the molecule is CC(C)(C)CC(C)(CC(CC(=O)O)C(=O)O)SSC(C)(CC(CC(=O)O)C(=O)O)CC(C)(C)C. The minimum absolute atomic E-state index is 0.145. The average molecular weight is 523 g/mol. The monoisotopic (exact) mass is 522 g/mol. The molecule has 0 fully saturated rings. The maximum atomic E-state index is 11.8. The molecule has 0 aromatic heterocycles. The van der Waals surface area contributed by atoms with Crippen molar-refractivity contribution in [3.8, 4) is 0 Å². The van der Waals surface area contributed by atoms with Gasteiger partial charge in [0.1, 0.15) is 0 Å². The molecule has 4 N–H and O–H groups in total. The number of hydrogen-bond donors (Lipinski definition) is 4. The van der Waals surface area contributed by atoms with E-state index in [1.807, 2.05) is 55.4 Å². The van der Waals surface area contributed by atoms with E-state index >= 15 is 0 Å². The van der Waals surface area contributed by atoms with E-state index in [1.165, 1.54) is 21.6 Å². The number of hydrogen-bond acceptors (Lipinski definition) is 6. The first-order chi connectivity index (χ1) is 15.1. The van der Waals surface area contributed by atoms with Crippen LogP contribution in [0.1, 0.15) is 93.9 Å². The normalized spacial score (nSPS) is 17.8. The molecule has 0 aliphatic carbocycles. The summed E-state index contributed by atoms with van der Waals surface area (Å²) in [5.74, 6) is -6.75. The predicted octanol–water partition coefficient (Wildman–Crippen LogP) is 5.89. The number of carboxylic acids is 4. The summed E-state index contributed by atoms with van der Waals surface area (Å²) >= 11 is 0. The molecule has 0 aliphatic rings. The van der Waals surface area contributed by atoms with Crippen molar-refractivity contribution in [2.75, 3.05) is 0 Å². The van der Waals surface area contributed by atoms with Gasteiger partial charge in [0, 0.05) is 9.49 Å². The Morgan fingerprint density at radius 1 is 0.588 bits per heavy atom. The second-order valence-corrected chi connectivity index (χ2v) is 15.5. The molecule has 0 aromatic rings. The van der Waals surface area contributed by atoms with Gasteiger partial charge in [0.15, 0.2) is 0 Å². The fraction of sp³-hybridized carbons (Fsp3) is 0.833. The molecule has 10 heteroatoms. The zero-order valence-electron chi connectivity index (χ0n) is 21.6. The first-order valence-electron chi connectivity index (χ1n) is 11.3. The van der Waals surface area contributed by atoms with Crippen LogP contribution in [-0.4, -0.2) is 53.8 Å². The van der Waals surface area contributed by atoms with Gasteiger partial charge in [-0.15, -0.1) is 0 Å². The molecule has 0 saturated carbocycles. The van der Waals surface area contributed by atoms with E-state index in [2.05, 4.69) is 0 Å². The highest BCUT2D eigenvalue weighted by Crippen LogP contribution is 2.55. The Morgan fingerprint density at radius 2 is 0.853 bits per heavy atom. The molecule has 0 amide bonds. The zero-order chi connectivity index (χ0) is 27.1. The Bertz CT molecular complexity index is 678. The third-order valence-electron chi connectivity index (χ3n) is 5.15. The lowest BCUT2D eigenvalue weighted by molar-refractivity contribution is -0.148. The van der Waals surface area contributed by atoms with Crippen LogP contribution in [-0.2, 0) is 19.2 Å². The van der Waals surface area contributed by atoms with Gasteiger partial charge in [-0.05, 0) is 50.4 Å². The largest absolute Gasteiger partial charge is 0.481 e. The summed E-state index contributed by atoms with van der Waals surface area (Å²) < 4.78 is -1.21. The standard InChI is InChI=1S/C24H42O8S2/c1-21(2,3)13-23(7,11-15(19(29)30)9-17(25)26)33-34-24(8,14-22(4,5)6)12-16(20(31)32)10-18(27)28/h15-16H,9-14H2,1-8H3,(H,25,26)(H,27,28)(H,29,30)(H,31,32). The van der Waals surface area contributed by atoms with Crippen LogP contribution in [0.2, 0.25) is 0 Å². The van der Waals surface area contributed by atoms with Crippen molar-refractivity contribution in [2.24, 2.45) is 22.7 Å². The summed E-state index contributed by atoms with van der Waals surface area (Å²) in [7, 11) is 2.93. The van der Waals surface area contributed by atoms with Crippen LogP contribution < -0.4 is 0 Å². The second-order valence-electron chi connectivity index (χ2n) is 12.2. The zero-order valence-corrected chi connectivity index (χ0v) is 23.3. The highest BCUT2D eigenvalue weighted by Gasteiger charge is 2.42. The fourth-order valence-electron chi connectivity index (χ4n) is 4.67. The molecule has 0 aromatic carbocycles. The van der Waals surface area contributed by atoms with Gasteiger partial charge in [-0.3, -0.25) is 19.2 Å². The van der Waals surface area contributed by atoms with Crippen LogP contribution in [0.4, 0.5) is 0 Å². The Kier molecular flexibility index (Phi) is 12.0. The molecular formula is C24H42O8S2. The van der Waals surface area contributed by atoms with Crippen LogP contribution in [0.25, 0.3) is 0 Å². The summed E-state index contributed by atoms with van der Waals surface area (Å²) in [4.78, 5) is 46.1. The highest BCUT2D eigenvalue weighted by molar-refractivity contribution is 8.77. The van der Waals surface area contributed by atoms with E-state index in [9.17, 15) is 39.6 Å². The molecule has 8 nitrogen and oxygen atoms in total. The van der Waals surface area contributed by atoms with Crippen molar-refractivity contribution in [1.82, 2.24) is 0 Å². The summed E-state index contributed by atoms with van der Waals surface area (Å²) in [5, 5.41) is 37.6. The number of rotatable bonds is 15. The molecule has 34 heavy (non-hydrogen) atoms. The van der Waals surface area contributed by atoms with Crippen molar-refractivity contribution < 1.29 is 39.6 Å². The maximum absolute atomic E-state index is 11.8. The summed E-state index contributed by atoms with van der Waals surface area (Å²) in [5.41, 5.74) is -0.330. The van der Waals surface area contributed by atoms with Gasteiger partial charge < -0.3 is 20.4 Å². The lowest BCUT2D eigenvalue weighted by Crippen LogP contribution is -2.36. The minimum Gasteiger partial charge on any atom is -0.481 e. The molecule has 0 saturated heterocycles. The molecule has 0 spiro atoms. The van der Waals surface area contributed by atoms with Gasteiger partial charge in [0.2, 0.25) is 0 Å². The molecular weight excluding hydrogens is 480 g/mol. The third kappa shape index (κ3) is 14.1. The smallest absolute Gasteiger partial charge is 0.307 e. The van der Waals surface area contributed by atoms with Crippen LogP contribution >= 0.6 is 21.6 Å². The Morgan fingerprint density at radius 3 is 1.03 bits per heavy atom. The van der Waals surface area contributed by atoms with Crippen LogP contribution in [0.15, 0.2) is 0 Å². The van der Waals surface area contributed by atoms with E-state index < -0.39 is 58.0 Å². The fourth-order valence-corrected chi connectivity index (χ4v) is 8.57. The molecule has 0 radical (unpaired) electrons. The third-order valence-corrected chi connectivity index (χ3v) is 9.32. The number of carboxylic acid groups (broad SMARTS) is 4. The lowest BCUT2D eigenvalue weighted by Gasteiger charge is -2.41. The molecule has 4 unspecified atom stereocenters. The average Bonchev–Trinajstić information content (AvgIpc) is 2.55.